The lowest BCUT2D eigenvalue weighted by Gasteiger charge is -2.20. The zero-order valence-corrected chi connectivity index (χ0v) is 53.6. The fourth-order valence-corrected chi connectivity index (χ4v) is 11.5. The summed E-state index contributed by atoms with van der Waals surface area (Å²) in [7, 11) is 0. The Bertz CT molecular complexity index is 1230. The van der Waals surface area contributed by atoms with Crippen LogP contribution in [0.2, 0.25) is 0 Å². The van der Waals surface area contributed by atoms with E-state index in [1.807, 2.05) is 6.08 Å². The van der Waals surface area contributed by atoms with Gasteiger partial charge < -0.3 is 20.3 Å². The molecule has 0 saturated heterocycles. The quantitative estimate of drug-likeness (QED) is 0.0320. The smallest absolute Gasteiger partial charge is 0.305 e. The molecule has 0 radical (unpaired) electrons. The Kier molecular flexibility index (Phi) is 67.4. The standard InChI is InChI=1S/C73H141NO5/c1-3-5-7-9-11-13-15-16-17-18-33-37-40-43-47-51-55-59-63-67-73(78)79-68-64-60-56-52-48-44-41-38-35-32-30-28-26-24-22-20-19-21-23-25-27-29-31-34-36-39-42-46-50-54-58-62-66-72(77)74-70(69-75)71(76)65-61-57-53-49-45-14-12-10-8-6-4-2/h16-17,61,65,70-71,75-76H,3-15,18-60,62-64,66-69H2,1-2H3,(H,74,77)/b17-16-,65-61+. The number of carbonyl (C=O) groups is 2. The predicted octanol–water partition coefficient (Wildman–Crippen LogP) is 23.3. The Morgan fingerprint density at radius 2 is 0.595 bits per heavy atom. The average Bonchev–Trinajstić information content (AvgIpc) is 3.45. The van der Waals surface area contributed by atoms with Crippen molar-refractivity contribution in [3.8, 4) is 0 Å². The molecule has 6 nitrogen and oxygen atoms in total. The first kappa shape index (κ1) is 77.3. The van der Waals surface area contributed by atoms with E-state index in [1.165, 1.54) is 340 Å². The molecule has 0 aromatic carbocycles. The van der Waals surface area contributed by atoms with Gasteiger partial charge in [0.1, 0.15) is 0 Å². The molecule has 2 atom stereocenters. The fraction of sp³-hybridized carbons (Fsp3) is 0.918. The normalized spacial score (nSPS) is 12.6. The third-order valence-electron chi connectivity index (χ3n) is 17.0. The first-order valence-corrected chi connectivity index (χ1v) is 36.1. The molecular weight excluding hydrogens is 971 g/mol. The number of hydrogen-bond acceptors (Lipinski definition) is 5. The molecule has 0 aromatic rings. The topological polar surface area (TPSA) is 95.9 Å². The second-order valence-electron chi connectivity index (χ2n) is 24.9. The highest BCUT2D eigenvalue weighted by molar-refractivity contribution is 5.76. The van der Waals surface area contributed by atoms with Gasteiger partial charge >= 0.3 is 5.97 Å². The third kappa shape index (κ3) is 65.4. The molecule has 3 N–H and O–H groups in total. The number of carbonyl (C=O) groups excluding carboxylic acids is 2. The summed E-state index contributed by atoms with van der Waals surface area (Å²) in [5, 5.41) is 23.1. The van der Waals surface area contributed by atoms with Crippen molar-refractivity contribution in [1.82, 2.24) is 5.32 Å². The number of nitrogens with one attached hydrogen (secondary N) is 1. The monoisotopic (exact) mass is 1110 g/mol. The molecule has 6 heteroatoms. The highest BCUT2D eigenvalue weighted by atomic mass is 16.5. The van der Waals surface area contributed by atoms with Crippen LogP contribution in [0.25, 0.3) is 0 Å². The summed E-state index contributed by atoms with van der Waals surface area (Å²) in [6.07, 6.45) is 87.1. The average molecular weight is 1110 g/mol. The van der Waals surface area contributed by atoms with Crippen molar-refractivity contribution >= 4 is 11.9 Å². The van der Waals surface area contributed by atoms with Crippen LogP contribution in [-0.4, -0.2) is 47.4 Å². The molecule has 0 heterocycles. The van der Waals surface area contributed by atoms with Gasteiger partial charge in [-0.3, -0.25) is 9.59 Å². The lowest BCUT2D eigenvalue weighted by atomic mass is 10.0. The van der Waals surface area contributed by atoms with E-state index in [9.17, 15) is 19.8 Å². The lowest BCUT2D eigenvalue weighted by molar-refractivity contribution is -0.143. The number of esters is 1. The molecule has 0 aliphatic carbocycles. The van der Waals surface area contributed by atoms with Crippen molar-refractivity contribution in [2.24, 2.45) is 0 Å². The minimum atomic E-state index is -0.839. The summed E-state index contributed by atoms with van der Waals surface area (Å²) < 4.78 is 5.51. The molecule has 2 unspecified atom stereocenters. The molecule has 0 spiro atoms. The molecule has 1 amide bonds. The van der Waals surface area contributed by atoms with Crippen molar-refractivity contribution in [2.75, 3.05) is 13.2 Å². The summed E-state index contributed by atoms with van der Waals surface area (Å²) in [6.45, 7) is 4.92. The van der Waals surface area contributed by atoms with E-state index >= 15 is 0 Å². The zero-order chi connectivity index (χ0) is 57.1. The highest BCUT2D eigenvalue weighted by Gasteiger charge is 2.18. The minimum Gasteiger partial charge on any atom is -0.466 e. The number of rotatable bonds is 68. The van der Waals surface area contributed by atoms with Crippen LogP contribution in [0, 0.1) is 0 Å². The summed E-state index contributed by atoms with van der Waals surface area (Å²) in [6, 6.07) is -0.622. The van der Waals surface area contributed by atoms with Crippen LogP contribution < -0.4 is 5.32 Å². The maximum absolute atomic E-state index is 12.4. The Morgan fingerprint density at radius 3 is 0.899 bits per heavy atom. The molecular formula is C73H141NO5. The number of aliphatic hydroxyl groups excluding tert-OH is 2. The summed E-state index contributed by atoms with van der Waals surface area (Å²) in [4.78, 5) is 24.6. The van der Waals surface area contributed by atoms with Crippen molar-refractivity contribution in [2.45, 2.75) is 418 Å². The van der Waals surface area contributed by atoms with Crippen LogP contribution in [0.3, 0.4) is 0 Å². The number of unbranched alkanes of at least 4 members (excludes halogenated alkanes) is 55. The van der Waals surface area contributed by atoms with Gasteiger partial charge in [0, 0.05) is 12.8 Å². The van der Waals surface area contributed by atoms with Crippen LogP contribution in [0.4, 0.5) is 0 Å². The van der Waals surface area contributed by atoms with Crippen molar-refractivity contribution in [3.63, 3.8) is 0 Å². The van der Waals surface area contributed by atoms with Gasteiger partial charge in [0.15, 0.2) is 0 Å². The summed E-state index contributed by atoms with van der Waals surface area (Å²) in [5.41, 5.74) is 0. The first-order chi connectivity index (χ1) is 39.0. The maximum atomic E-state index is 12.4. The maximum Gasteiger partial charge on any atom is 0.305 e. The second-order valence-corrected chi connectivity index (χ2v) is 24.9. The Labute approximate surface area is 494 Å². The molecule has 0 aliphatic heterocycles. The second kappa shape index (κ2) is 68.8. The highest BCUT2D eigenvalue weighted by Crippen LogP contribution is 2.19. The number of aliphatic hydroxyl groups is 2. The van der Waals surface area contributed by atoms with Gasteiger partial charge in [-0.2, -0.15) is 0 Å². The van der Waals surface area contributed by atoms with Gasteiger partial charge in [0.25, 0.3) is 0 Å². The van der Waals surface area contributed by atoms with Crippen molar-refractivity contribution < 1.29 is 24.5 Å². The first-order valence-electron chi connectivity index (χ1n) is 36.1. The largest absolute Gasteiger partial charge is 0.466 e. The Hall–Kier alpha value is -1.66. The number of allylic oxidation sites excluding steroid dienone is 3. The van der Waals surface area contributed by atoms with Crippen LogP contribution in [-0.2, 0) is 14.3 Å². The van der Waals surface area contributed by atoms with Crippen LogP contribution in [0.5, 0.6) is 0 Å². The number of hydrogen-bond donors (Lipinski definition) is 3. The zero-order valence-electron chi connectivity index (χ0n) is 53.6. The van der Waals surface area contributed by atoms with E-state index in [0.29, 0.717) is 19.4 Å². The number of amides is 1. The SMILES string of the molecule is CCCCCCCC/C=C\CCCCCCCCCCCC(=O)OCCCCCCCCCCCCCCCCCCCCCCCCCCCCCCCCCCC(=O)NC(CO)C(O)/C=C/CCCCCCCCCCC. The lowest BCUT2D eigenvalue weighted by Crippen LogP contribution is -2.45. The molecule has 0 fully saturated rings. The third-order valence-corrected chi connectivity index (χ3v) is 17.0. The molecule has 0 aromatic heterocycles. The Morgan fingerprint density at radius 1 is 0.342 bits per heavy atom. The molecule has 0 saturated carbocycles. The van der Waals surface area contributed by atoms with Gasteiger partial charge in [-0.1, -0.05) is 359 Å². The molecule has 0 aliphatic rings. The van der Waals surface area contributed by atoms with E-state index in [-0.39, 0.29) is 18.5 Å². The Balaban J connectivity index is 3.30. The van der Waals surface area contributed by atoms with Gasteiger partial charge in [-0.05, 0) is 57.8 Å². The predicted molar refractivity (Wildman–Crippen MR) is 347 cm³/mol. The van der Waals surface area contributed by atoms with E-state index in [4.69, 9.17) is 4.74 Å². The van der Waals surface area contributed by atoms with E-state index in [1.54, 1.807) is 6.08 Å². The van der Waals surface area contributed by atoms with Crippen molar-refractivity contribution in [1.29, 1.82) is 0 Å². The molecule has 0 bridgehead atoms. The van der Waals surface area contributed by atoms with Gasteiger partial charge in [-0.15, -0.1) is 0 Å². The van der Waals surface area contributed by atoms with Crippen LogP contribution in [0.1, 0.15) is 406 Å². The number of ether oxygens (including phenoxy) is 1. The van der Waals surface area contributed by atoms with E-state index in [2.05, 4.69) is 31.3 Å². The van der Waals surface area contributed by atoms with Gasteiger partial charge in [0.05, 0.1) is 25.4 Å². The van der Waals surface area contributed by atoms with Gasteiger partial charge in [-0.25, -0.2) is 0 Å². The summed E-state index contributed by atoms with van der Waals surface area (Å²) >= 11 is 0. The van der Waals surface area contributed by atoms with Gasteiger partial charge in [0.2, 0.25) is 5.91 Å². The van der Waals surface area contributed by atoms with Crippen molar-refractivity contribution in [3.05, 3.63) is 24.3 Å². The fourth-order valence-electron chi connectivity index (χ4n) is 11.5. The molecule has 0 rings (SSSR count). The summed E-state index contributed by atoms with van der Waals surface area (Å²) in [5.74, 6) is -0.0418. The van der Waals surface area contributed by atoms with Crippen LogP contribution in [0.15, 0.2) is 24.3 Å². The van der Waals surface area contributed by atoms with E-state index in [0.717, 1.165) is 38.5 Å². The molecule has 79 heavy (non-hydrogen) atoms. The minimum absolute atomic E-state index is 0.0211. The molecule has 468 valence electrons. The van der Waals surface area contributed by atoms with Crippen LogP contribution >= 0.6 is 0 Å². The van der Waals surface area contributed by atoms with E-state index < -0.39 is 12.1 Å².